The average Bonchev–Trinajstić information content (AvgIpc) is 2.89. The number of hydrogen-bond acceptors (Lipinski definition) is 2. The van der Waals surface area contributed by atoms with Crippen LogP contribution in [0.5, 0.6) is 0 Å². The third-order valence-electron chi connectivity index (χ3n) is 3.41. The van der Waals surface area contributed by atoms with Gasteiger partial charge in [-0.1, -0.05) is 54.4 Å². The number of benzene rings is 2. The quantitative estimate of drug-likeness (QED) is 0.625. The summed E-state index contributed by atoms with van der Waals surface area (Å²) < 4.78 is 1.29. The first-order valence-corrected chi connectivity index (χ1v) is 8.43. The summed E-state index contributed by atoms with van der Waals surface area (Å²) in [6.45, 7) is 2.97. The number of nitrogens with one attached hydrogen (secondary N) is 1. The Labute approximate surface area is 138 Å². The molecule has 0 saturated carbocycles. The fraction of sp³-hybridized carbons (Fsp3) is 0.176. The normalized spacial score (nSPS) is 12.7. The molecule has 1 unspecified atom stereocenters. The molecule has 0 bridgehead atoms. The number of hydrogen-bond donors (Lipinski definition) is 1. The Morgan fingerprint density at radius 2 is 1.90 bits per heavy atom. The van der Waals surface area contributed by atoms with E-state index in [1.165, 1.54) is 15.0 Å². The molecular formula is C17H15Cl2NS. The zero-order valence-electron chi connectivity index (χ0n) is 11.6. The van der Waals surface area contributed by atoms with Gasteiger partial charge in [-0.15, -0.1) is 11.3 Å². The van der Waals surface area contributed by atoms with Gasteiger partial charge < -0.3 is 5.32 Å². The molecule has 0 spiro atoms. The van der Waals surface area contributed by atoms with Gasteiger partial charge in [0.25, 0.3) is 0 Å². The Kier molecular flexibility index (Phi) is 4.51. The Morgan fingerprint density at radius 1 is 1.10 bits per heavy atom. The largest absolute Gasteiger partial charge is 0.306 e. The van der Waals surface area contributed by atoms with Gasteiger partial charge in [-0.05, 0) is 41.8 Å². The van der Waals surface area contributed by atoms with E-state index in [0.717, 1.165) is 12.1 Å². The molecule has 0 saturated heterocycles. The molecule has 2 aromatic carbocycles. The van der Waals surface area contributed by atoms with Gasteiger partial charge in [0, 0.05) is 19.6 Å². The lowest BCUT2D eigenvalue weighted by molar-refractivity contribution is 0.640. The molecular weight excluding hydrogens is 321 g/mol. The van der Waals surface area contributed by atoms with Crippen LogP contribution in [0.3, 0.4) is 0 Å². The van der Waals surface area contributed by atoms with Crippen LogP contribution >= 0.6 is 34.5 Å². The van der Waals surface area contributed by atoms with Crippen LogP contribution in [-0.2, 0) is 0 Å². The summed E-state index contributed by atoms with van der Waals surface area (Å²) in [6.07, 6.45) is 0. The van der Waals surface area contributed by atoms with Gasteiger partial charge in [-0.25, -0.2) is 0 Å². The Morgan fingerprint density at radius 3 is 2.62 bits per heavy atom. The van der Waals surface area contributed by atoms with Crippen molar-refractivity contribution in [3.8, 4) is 0 Å². The predicted octanol–water partition coefficient (Wildman–Crippen LogP) is 5.91. The molecule has 3 rings (SSSR count). The van der Waals surface area contributed by atoms with Gasteiger partial charge in [-0.2, -0.15) is 0 Å². The highest BCUT2D eigenvalue weighted by atomic mass is 35.5. The monoisotopic (exact) mass is 335 g/mol. The number of rotatable bonds is 4. The van der Waals surface area contributed by atoms with Crippen molar-refractivity contribution < 1.29 is 0 Å². The Hall–Kier alpha value is -1.06. The van der Waals surface area contributed by atoms with Crippen LogP contribution in [0.4, 0.5) is 0 Å². The van der Waals surface area contributed by atoms with Gasteiger partial charge >= 0.3 is 0 Å². The molecule has 0 aliphatic rings. The van der Waals surface area contributed by atoms with Crippen LogP contribution < -0.4 is 5.32 Å². The van der Waals surface area contributed by atoms with E-state index in [4.69, 9.17) is 23.2 Å². The predicted molar refractivity (Wildman–Crippen MR) is 93.8 cm³/mol. The third-order valence-corrected chi connectivity index (χ3v) is 5.15. The van der Waals surface area contributed by atoms with Gasteiger partial charge in [0.2, 0.25) is 0 Å². The lowest BCUT2D eigenvalue weighted by atomic mass is 10.0. The molecule has 3 aromatic rings. The number of thiophene rings is 1. The van der Waals surface area contributed by atoms with Crippen molar-refractivity contribution in [3.05, 3.63) is 69.0 Å². The molecule has 1 atom stereocenters. The molecule has 1 N–H and O–H groups in total. The van der Waals surface area contributed by atoms with Crippen LogP contribution in [-0.4, -0.2) is 6.54 Å². The first-order chi connectivity index (χ1) is 10.2. The smallest absolute Gasteiger partial charge is 0.0686 e. The van der Waals surface area contributed by atoms with Gasteiger partial charge in [-0.3, -0.25) is 0 Å². The minimum absolute atomic E-state index is 0.0946. The summed E-state index contributed by atoms with van der Waals surface area (Å²) in [5, 5.41) is 6.15. The second-order valence-electron chi connectivity index (χ2n) is 4.84. The van der Waals surface area contributed by atoms with Crippen LogP contribution in [0, 0.1) is 0 Å². The number of halogens is 2. The summed E-state index contributed by atoms with van der Waals surface area (Å²) in [4.78, 5) is 1.27. The molecule has 0 radical (unpaired) electrons. The summed E-state index contributed by atoms with van der Waals surface area (Å²) in [6, 6.07) is 16.4. The van der Waals surface area contributed by atoms with Crippen LogP contribution in [0.25, 0.3) is 10.1 Å². The van der Waals surface area contributed by atoms with Crippen molar-refractivity contribution in [2.75, 3.05) is 6.54 Å². The zero-order chi connectivity index (χ0) is 14.8. The minimum Gasteiger partial charge on any atom is -0.306 e. The Bertz CT molecular complexity index is 733. The van der Waals surface area contributed by atoms with Crippen LogP contribution in [0.1, 0.15) is 23.4 Å². The van der Waals surface area contributed by atoms with E-state index < -0.39 is 0 Å². The summed E-state index contributed by atoms with van der Waals surface area (Å²) >= 11 is 14.2. The van der Waals surface area contributed by atoms with E-state index >= 15 is 0 Å². The van der Waals surface area contributed by atoms with Crippen LogP contribution in [0.2, 0.25) is 10.0 Å². The molecule has 4 heteroatoms. The second kappa shape index (κ2) is 6.37. The van der Waals surface area contributed by atoms with Crippen molar-refractivity contribution in [3.63, 3.8) is 0 Å². The van der Waals surface area contributed by atoms with Crippen molar-refractivity contribution in [1.29, 1.82) is 0 Å². The third kappa shape index (κ3) is 3.09. The van der Waals surface area contributed by atoms with Gasteiger partial charge in [0.05, 0.1) is 6.04 Å². The lowest BCUT2D eigenvalue weighted by Crippen LogP contribution is -2.21. The highest BCUT2D eigenvalue weighted by Crippen LogP contribution is 2.36. The number of fused-ring (bicyclic) bond motifs is 1. The summed E-state index contributed by atoms with van der Waals surface area (Å²) in [5.41, 5.74) is 1.06. The zero-order valence-corrected chi connectivity index (χ0v) is 13.9. The SMILES string of the molecule is CCNC(c1cc2ccccc2s1)c1ccc(Cl)cc1Cl. The molecule has 1 heterocycles. The fourth-order valence-electron chi connectivity index (χ4n) is 2.45. The summed E-state index contributed by atoms with van der Waals surface area (Å²) in [5.74, 6) is 0. The van der Waals surface area contributed by atoms with Gasteiger partial charge in [0.1, 0.15) is 0 Å². The van der Waals surface area contributed by atoms with Gasteiger partial charge in [0.15, 0.2) is 0 Å². The molecule has 1 nitrogen and oxygen atoms in total. The first kappa shape index (κ1) is 14.9. The highest BCUT2D eigenvalue weighted by molar-refractivity contribution is 7.19. The fourth-order valence-corrected chi connectivity index (χ4v) is 4.13. The maximum absolute atomic E-state index is 6.39. The maximum atomic E-state index is 6.39. The lowest BCUT2D eigenvalue weighted by Gasteiger charge is -2.18. The van der Waals surface area contributed by atoms with E-state index in [0.29, 0.717) is 10.0 Å². The molecule has 108 valence electrons. The van der Waals surface area contributed by atoms with Crippen molar-refractivity contribution in [2.24, 2.45) is 0 Å². The van der Waals surface area contributed by atoms with Crippen molar-refractivity contribution >= 4 is 44.6 Å². The maximum Gasteiger partial charge on any atom is 0.0686 e. The molecule has 0 fully saturated rings. The minimum atomic E-state index is 0.0946. The molecule has 0 aliphatic carbocycles. The standard InChI is InChI=1S/C17H15Cl2NS/c1-2-20-17(13-8-7-12(18)10-14(13)19)16-9-11-5-3-4-6-15(11)21-16/h3-10,17,20H,2H2,1H3. The topological polar surface area (TPSA) is 12.0 Å². The van der Waals surface area contributed by atoms with E-state index in [2.05, 4.69) is 42.6 Å². The van der Waals surface area contributed by atoms with Crippen LogP contribution in [0.15, 0.2) is 48.5 Å². The first-order valence-electron chi connectivity index (χ1n) is 6.86. The molecule has 1 aromatic heterocycles. The van der Waals surface area contributed by atoms with E-state index in [9.17, 15) is 0 Å². The van der Waals surface area contributed by atoms with Crippen molar-refractivity contribution in [1.82, 2.24) is 5.32 Å². The summed E-state index contributed by atoms with van der Waals surface area (Å²) in [7, 11) is 0. The second-order valence-corrected chi connectivity index (χ2v) is 6.80. The molecule has 0 aliphatic heterocycles. The molecule has 0 amide bonds. The molecule has 21 heavy (non-hydrogen) atoms. The van der Waals surface area contributed by atoms with Crippen molar-refractivity contribution in [2.45, 2.75) is 13.0 Å². The van der Waals surface area contributed by atoms with E-state index in [1.54, 1.807) is 17.4 Å². The highest BCUT2D eigenvalue weighted by Gasteiger charge is 2.18. The Balaban J connectivity index is 2.08. The van der Waals surface area contributed by atoms with E-state index in [1.807, 2.05) is 12.1 Å². The average molecular weight is 336 g/mol. The van der Waals surface area contributed by atoms with E-state index in [-0.39, 0.29) is 6.04 Å².